The van der Waals surface area contributed by atoms with Gasteiger partial charge in [0.15, 0.2) is 0 Å². The Morgan fingerprint density at radius 2 is 1.61 bits per heavy atom. The molecule has 0 aliphatic carbocycles. The van der Waals surface area contributed by atoms with Crippen LogP contribution in [0.25, 0.3) is 21.8 Å². The van der Waals surface area contributed by atoms with Gasteiger partial charge in [-0.3, -0.25) is 4.79 Å². The number of nitrogens with zero attached hydrogens (tertiary/aromatic N) is 1. The number of aromatic nitrogens is 1. The van der Waals surface area contributed by atoms with E-state index in [0.717, 1.165) is 27.6 Å². The molecule has 1 amide bonds. The lowest BCUT2D eigenvalue weighted by atomic mass is 10.1. The first-order chi connectivity index (χ1) is 15.1. The molecule has 0 radical (unpaired) electrons. The maximum atomic E-state index is 14.1. The molecule has 0 spiro atoms. The van der Waals surface area contributed by atoms with E-state index < -0.39 is 5.91 Å². The monoisotopic (exact) mass is 410 g/mol. The summed E-state index contributed by atoms with van der Waals surface area (Å²) in [6, 6.07) is 27.3. The molecule has 1 heterocycles. The minimum absolute atomic E-state index is 0.335. The average Bonchev–Trinajstić information content (AvgIpc) is 3.07. The van der Waals surface area contributed by atoms with E-state index in [1.165, 1.54) is 12.1 Å². The van der Waals surface area contributed by atoms with Crippen molar-refractivity contribution in [3.05, 3.63) is 108 Å². The number of hydrogen-bond acceptors (Lipinski definition) is 2. The smallest absolute Gasteiger partial charge is 0.249 e. The van der Waals surface area contributed by atoms with Crippen LogP contribution in [0.1, 0.15) is 15.9 Å². The van der Waals surface area contributed by atoms with Gasteiger partial charge in [0.25, 0.3) is 0 Å². The van der Waals surface area contributed by atoms with E-state index in [4.69, 9.17) is 10.5 Å². The predicted molar refractivity (Wildman–Crippen MR) is 120 cm³/mol. The number of ether oxygens (including phenoxy) is 1. The van der Waals surface area contributed by atoms with Crippen LogP contribution in [0.4, 0.5) is 4.39 Å². The third-order valence-corrected chi connectivity index (χ3v) is 5.34. The van der Waals surface area contributed by atoms with Crippen molar-refractivity contribution in [2.24, 2.45) is 5.73 Å². The summed E-state index contributed by atoms with van der Waals surface area (Å²) in [5.41, 5.74) is 8.56. The second-order valence-electron chi connectivity index (χ2n) is 7.37. The van der Waals surface area contributed by atoms with Crippen molar-refractivity contribution in [3.63, 3.8) is 0 Å². The Hall–Kier alpha value is -4.12. The second kappa shape index (κ2) is 7.61. The van der Waals surface area contributed by atoms with Crippen molar-refractivity contribution in [1.82, 2.24) is 4.57 Å². The van der Waals surface area contributed by atoms with Crippen LogP contribution in [0.2, 0.25) is 0 Å². The van der Waals surface area contributed by atoms with Gasteiger partial charge in [0, 0.05) is 22.9 Å². The summed E-state index contributed by atoms with van der Waals surface area (Å²) in [4.78, 5) is 12.0. The van der Waals surface area contributed by atoms with Crippen LogP contribution >= 0.6 is 0 Å². The molecular weight excluding hydrogens is 391 g/mol. The van der Waals surface area contributed by atoms with E-state index in [1.807, 2.05) is 65.2 Å². The fraction of sp³-hybridized carbons (Fsp3) is 0.0385. The summed E-state index contributed by atoms with van der Waals surface area (Å²) in [5.74, 6) is 0.628. The van der Waals surface area contributed by atoms with E-state index in [2.05, 4.69) is 0 Å². The molecule has 5 rings (SSSR count). The fourth-order valence-electron chi connectivity index (χ4n) is 4.01. The molecule has 5 aromatic rings. The number of benzene rings is 4. The molecule has 0 unspecified atom stereocenters. The van der Waals surface area contributed by atoms with E-state index in [9.17, 15) is 9.18 Å². The molecule has 0 saturated heterocycles. The van der Waals surface area contributed by atoms with Gasteiger partial charge in [-0.1, -0.05) is 36.4 Å². The van der Waals surface area contributed by atoms with Crippen molar-refractivity contribution in [1.29, 1.82) is 0 Å². The van der Waals surface area contributed by atoms with Gasteiger partial charge in [0.1, 0.15) is 17.3 Å². The Balaban J connectivity index is 1.62. The summed E-state index contributed by atoms with van der Waals surface area (Å²) >= 11 is 0. The molecule has 4 nitrogen and oxygen atoms in total. The Morgan fingerprint density at radius 3 is 2.42 bits per heavy atom. The molecule has 5 heteroatoms. The number of hydrogen-bond donors (Lipinski definition) is 1. The van der Waals surface area contributed by atoms with Crippen LogP contribution in [-0.4, -0.2) is 10.5 Å². The minimum atomic E-state index is -0.507. The number of para-hydroxylation sites is 1. The first kappa shape index (κ1) is 18.9. The molecule has 0 aliphatic rings. The lowest BCUT2D eigenvalue weighted by Crippen LogP contribution is -2.11. The number of carbonyl (C=O) groups excluding carboxylic acids is 1. The van der Waals surface area contributed by atoms with E-state index in [1.54, 1.807) is 18.2 Å². The topological polar surface area (TPSA) is 57.2 Å². The van der Waals surface area contributed by atoms with Gasteiger partial charge < -0.3 is 15.0 Å². The summed E-state index contributed by atoms with van der Waals surface area (Å²) < 4.78 is 22.1. The van der Waals surface area contributed by atoms with E-state index >= 15 is 0 Å². The highest BCUT2D eigenvalue weighted by molar-refractivity contribution is 6.17. The first-order valence-corrected chi connectivity index (χ1v) is 9.92. The van der Waals surface area contributed by atoms with Crippen LogP contribution in [0, 0.1) is 5.82 Å². The minimum Gasteiger partial charge on any atom is -0.457 e. The molecule has 4 aromatic carbocycles. The zero-order chi connectivity index (χ0) is 21.4. The van der Waals surface area contributed by atoms with Crippen LogP contribution in [0.5, 0.6) is 11.5 Å². The highest BCUT2D eigenvalue weighted by Gasteiger charge is 2.17. The van der Waals surface area contributed by atoms with Crippen LogP contribution < -0.4 is 10.5 Å². The number of amides is 1. The number of nitrogens with two attached hydrogens (primary N) is 1. The van der Waals surface area contributed by atoms with Gasteiger partial charge in [0.05, 0.1) is 11.0 Å². The van der Waals surface area contributed by atoms with E-state index in [0.29, 0.717) is 23.4 Å². The van der Waals surface area contributed by atoms with Crippen molar-refractivity contribution in [3.8, 4) is 11.5 Å². The molecule has 1 aromatic heterocycles. The zero-order valence-corrected chi connectivity index (χ0v) is 16.6. The number of rotatable bonds is 5. The average molecular weight is 410 g/mol. The molecule has 0 saturated carbocycles. The van der Waals surface area contributed by atoms with Crippen molar-refractivity contribution in [2.75, 3.05) is 0 Å². The number of primary amides is 1. The third kappa shape index (κ3) is 3.51. The molecule has 0 bridgehead atoms. The summed E-state index contributed by atoms with van der Waals surface area (Å²) in [6.45, 7) is 0.484. The van der Waals surface area contributed by atoms with Gasteiger partial charge >= 0.3 is 0 Å². The molecule has 31 heavy (non-hydrogen) atoms. The number of halogens is 1. The SMILES string of the molecule is NC(=O)c1cccc2c1c1ccc(F)cc1n2Cc1cccc(Oc2ccccc2)c1. The highest BCUT2D eigenvalue weighted by Crippen LogP contribution is 2.33. The first-order valence-electron chi connectivity index (χ1n) is 9.92. The van der Waals surface area contributed by atoms with Crippen molar-refractivity contribution >= 4 is 27.7 Å². The molecule has 152 valence electrons. The summed E-state index contributed by atoms with van der Waals surface area (Å²) in [7, 11) is 0. The van der Waals surface area contributed by atoms with E-state index in [-0.39, 0.29) is 5.82 Å². The standard InChI is InChI=1S/C26H19FN2O2/c27-18-12-13-21-24(15-18)29(23-11-5-10-22(25(21)23)26(28)30)16-17-6-4-9-20(14-17)31-19-7-2-1-3-8-19/h1-15H,16H2,(H2,28,30). The van der Waals surface area contributed by atoms with Gasteiger partial charge in [-0.15, -0.1) is 0 Å². The molecule has 0 fully saturated rings. The van der Waals surface area contributed by atoms with Gasteiger partial charge in [0.2, 0.25) is 5.91 Å². The Kier molecular flexibility index (Phi) is 4.64. The predicted octanol–water partition coefficient (Wildman–Crippen LogP) is 5.87. The summed E-state index contributed by atoms with van der Waals surface area (Å²) in [6.07, 6.45) is 0. The van der Waals surface area contributed by atoms with Gasteiger partial charge in [-0.25, -0.2) is 4.39 Å². The summed E-state index contributed by atoms with van der Waals surface area (Å²) in [5, 5.41) is 1.53. The second-order valence-corrected chi connectivity index (χ2v) is 7.37. The maximum Gasteiger partial charge on any atom is 0.249 e. The molecule has 0 aliphatic heterocycles. The Bertz CT molecular complexity index is 1420. The number of fused-ring (bicyclic) bond motifs is 3. The molecule has 0 atom stereocenters. The lowest BCUT2D eigenvalue weighted by Gasteiger charge is -2.11. The molecular formula is C26H19FN2O2. The normalized spacial score (nSPS) is 11.1. The maximum absolute atomic E-state index is 14.1. The van der Waals surface area contributed by atoms with Crippen LogP contribution in [0.3, 0.4) is 0 Å². The zero-order valence-electron chi connectivity index (χ0n) is 16.6. The quantitative estimate of drug-likeness (QED) is 0.394. The van der Waals surface area contributed by atoms with Crippen molar-refractivity contribution < 1.29 is 13.9 Å². The third-order valence-electron chi connectivity index (χ3n) is 5.34. The highest BCUT2D eigenvalue weighted by atomic mass is 19.1. The lowest BCUT2D eigenvalue weighted by molar-refractivity contribution is 0.100. The Labute approximate surface area is 178 Å². The molecule has 2 N–H and O–H groups in total. The van der Waals surface area contributed by atoms with Crippen LogP contribution in [-0.2, 0) is 6.54 Å². The fourth-order valence-corrected chi connectivity index (χ4v) is 4.01. The van der Waals surface area contributed by atoms with Gasteiger partial charge in [-0.05, 0) is 60.2 Å². The largest absolute Gasteiger partial charge is 0.457 e. The van der Waals surface area contributed by atoms with Gasteiger partial charge in [-0.2, -0.15) is 0 Å². The van der Waals surface area contributed by atoms with Crippen LogP contribution in [0.15, 0.2) is 91.0 Å². The van der Waals surface area contributed by atoms with Crippen molar-refractivity contribution in [2.45, 2.75) is 6.54 Å². The number of carbonyl (C=O) groups is 1. The Morgan fingerprint density at radius 1 is 0.839 bits per heavy atom.